The zero-order valence-corrected chi connectivity index (χ0v) is 31.2. The van der Waals surface area contributed by atoms with Crippen molar-refractivity contribution in [3.05, 3.63) is 100 Å². The van der Waals surface area contributed by atoms with E-state index in [9.17, 15) is 9.90 Å². The molecule has 272 valence electrons. The lowest BCUT2D eigenvalue weighted by atomic mass is 10.0. The number of rotatable bonds is 15. The molecular formula is C45H50N6O2. The highest BCUT2D eigenvalue weighted by Gasteiger charge is 2.19. The van der Waals surface area contributed by atoms with Crippen LogP contribution in [-0.2, 0) is 19.9 Å². The van der Waals surface area contributed by atoms with Gasteiger partial charge in [0.15, 0.2) is 0 Å². The second-order valence-corrected chi connectivity index (χ2v) is 14.3. The number of nitrogens with one attached hydrogen (secondary N) is 2. The number of unbranched alkanes of at least 4 members (excludes halogenated alkanes) is 8. The molecule has 0 radical (unpaired) electrons. The molecule has 4 aromatic heterocycles. The maximum atomic E-state index is 11.8. The van der Waals surface area contributed by atoms with E-state index in [4.69, 9.17) is 15.0 Å². The number of carbonyl (C=O) groups is 1. The third kappa shape index (κ3) is 7.82. The number of fused-ring (bicyclic) bond motifs is 8. The van der Waals surface area contributed by atoms with Crippen LogP contribution in [0.15, 0.2) is 60.9 Å². The predicted molar refractivity (Wildman–Crippen MR) is 218 cm³/mol. The summed E-state index contributed by atoms with van der Waals surface area (Å²) < 4.78 is 2.06. The van der Waals surface area contributed by atoms with E-state index in [1.807, 2.05) is 31.6 Å². The van der Waals surface area contributed by atoms with Crippen LogP contribution in [0.1, 0.15) is 122 Å². The number of nitrogens with zero attached hydrogens (tertiary/aromatic N) is 4. The van der Waals surface area contributed by atoms with Gasteiger partial charge in [0.2, 0.25) is 0 Å². The Kier molecular flexibility index (Phi) is 11.1. The first-order valence-electron chi connectivity index (χ1n) is 19.4. The average molecular weight is 707 g/mol. The van der Waals surface area contributed by atoms with Crippen LogP contribution in [-0.4, -0.2) is 40.6 Å². The summed E-state index contributed by atoms with van der Waals surface area (Å²) in [5.41, 5.74) is 13.0. The van der Waals surface area contributed by atoms with Crippen LogP contribution in [0.25, 0.3) is 68.9 Å². The molecule has 0 spiro atoms. The Hall–Kier alpha value is -5.50. The van der Waals surface area contributed by atoms with Crippen LogP contribution in [0.5, 0.6) is 0 Å². The van der Waals surface area contributed by atoms with Crippen molar-refractivity contribution in [1.82, 2.24) is 29.5 Å². The Balaban J connectivity index is 1.52. The van der Waals surface area contributed by atoms with Crippen molar-refractivity contribution < 1.29 is 9.90 Å². The molecule has 0 amide bonds. The quantitative estimate of drug-likeness (QED) is 0.0919. The number of hydrogen-bond acceptors (Lipinski definition) is 4. The lowest BCUT2D eigenvalue weighted by Gasteiger charge is -2.07. The topological polar surface area (TPSA) is 112 Å². The number of aromatic nitrogens is 6. The third-order valence-electron chi connectivity index (χ3n) is 10.5. The summed E-state index contributed by atoms with van der Waals surface area (Å²) in [6.07, 6.45) is 25.9. The molecule has 53 heavy (non-hydrogen) atoms. The van der Waals surface area contributed by atoms with Gasteiger partial charge in [0.05, 0.1) is 39.4 Å². The minimum Gasteiger partial charge on any atom is -0.478 e. The number of imidazole rings is 1. The summed E-state index contributed by atoms with van der Waals surface area (Å²) in [6.45, 7) is 4.49. The summed E-state index contributed by atoms with van der Waals surface area (Å²) in [7, 11) is 2.03. The molecule has 5 aromatic rings. The monoisotopic (exact) mass is 706 g/mol. The summed E-state index contributed by atoms with van der Waals surface area (Å²) in [4.78, 5) is 34.9. The van der Waals surface area contributed by atoms with Crippen molar-refractivity contribution in [2.24, 2.45) is 7.05 Å². The van der Waals surface area contributed by atoms with Crippen molar-refractivity contribution in [3.8, 4) is 22.5 Å². The first-order valence-corrected chi connectivity index (χ1v) is 19.4. The molecule has 2 aliphatic rings. The molecule has 1 aromatic carbocycles. The van der Waals surface area contributed by atoms with Crippen LogP contribution < -0.4 is 0 Å². The van der Waals surface area contributed by atoms with E-state index in [0.29, 0.717) is 0 Å². The molecule has 7 rings (SSSR count). The van der Waals surface area contributed by atoms with Crippen molar-refractivity contribution in [1.29, 1.82) is 0 Å². The number of aryl methyl sites for hydroxylation is 3. The molecule has 0 aliphatic carbocycles. The van der Waals surface area contributed by atoms with Crippen LogP contribution in [0.2, 0.25) is 0 Å². The molecule has 0 atom stereocenters. The van der Waals surface area contributed by atoms with E-state index in [0.717, 1.165) is 93.0 Å². The number of aromatic amines is 2. The molecule has 0 saturated carbocycles. The van der Waals surface area contributed by atoms with Gasteiger partial charge in [-0.1, -0.05) is 77.3 Å². The van der Waals surface area contributed by atoms with Gasteiger partial charge in [-0.2, -0.15) is 0 Å². The molecule has 0 unspecified atom stereocenters. The van der Waals surface area contributed by atoms with Crippen LogP contribution in [0, 0.1) is 0 Å². The van der Waals surface area contributed by atoms with E-state index in [1.54, 1.807) is 12.1 Å². The summed E-state index contributed by atoms with van der Waals surface area (Å²) in [6, 6.07) is 15.7. The number of benzene rings is 1. The fourth-order valence-electron chi connectivity index (χ4n) is 7.59. The maximum Gasteiger partial charge on any atom is 0.335 e. The standard InChI is InChI=1S/C45H50N6O2/c1-4-6-8-10-12-14-32-34-20-24-38(47-34)42(30-16-18-31(19-17-30)45(52)53)39-25-21-35(48-39)33(15-13-11-9-7-5-2)37-23-27-41(50-37)43(40-26-22-36(32)49-40)44-46-28-29-51(44)3/h16-29,47,50H,4-15H2,1-3H3,(H,52,53). The molecule has 2 aliphatic heterocycles. The van der Waals surface area contributed by atoms with Crippen LogP contribution in [0.3, 0.4) is 0 Å². The minimum absolute atomic E-state index is 0.255. The van der Waals surface area contributed by atoms with Gasteiger partial charge in [0.1, 0.15) is 5.82 Å². The van der Waals surface area contributed by atoms with Crippen molar-refractivity contribution >= 4 is 52.3 Å². The average Bonchev–Trinajstić information content (AvgIpc) is 4.02. The smallest absolute Gasteiger partial charge is 0.335 e. The molecular weight excluding hydrogens is 657 g/mol. The van der Waals surface area contributed by atoms with Gasteiger partial charge >= 0.3 is 5.97 Å². The number of carboxylic acids is 1. The number of carboxylic acid groups (broad SMARTS) is 1. The first kappa shape index (κ1) is 35.9. The molecule has 8 heteroatoms. The first-order chi connectivity index (χ1) is 25.9. The minimum atomic E-state index is -0.943. The highest BCUT2D eigenvalue weighted by molar-refractivity contribution is 5.94. The number of aromatic carboxylic acids is 1. The third-order valence-corrected chi connectivity index (χ3v) is 10.5. The van der Waals surface area contributed by atoms with Gasteiger partial charge in [0, 0.05) is 52.7 Å². The van der Waals surface area contributed by atoms with Gasteiger partial charge in [-0.15, -0.1) is 0 Å². The maximum absolute atomic E-state index is 11.8. The predicted octanol–water partition coefficient (Wildman–Crippen LogP) is 11.4. The van der Waals surface area contributed by atoms with Gasteiger partial charge in [0.25, 0.3) is 0 Å². The molecule has 0 saturated heterocycles. The lowest BCUT2D eigenvalue weighted by Crippen LogP contribution is -1.96. The summed E-state index contributed by atoms with van der Waals surface area (Å²) in [5, 5.41) is 9.66. The Bertz CT molecular complexity index is 2310. The van der Waals surface area contributed by atoms with Crippen molar-refractivity contribution in [2.45, 2.75) is 90.9 Å². The highest BCUT2D eigenvalue weighted by atomic mass is 16.4. The normalized spacial score (nSPS) is 12.2. The molecule has 8 nitrogen and oxygen atoms in total. The van der Waals surface area contributed by atoms with Gasteiger partial charge in [-0.3, -0.25) is 0 Å². The van der Waals surface area contributed by atoms with Crippen molar-refractivity contribution in [2.75, 3.05) is 0 Å². The molecule has 8 bridgehead atoms. The Morgan fingerprint density at radius 2 is 1.11 bits per heavy atom. The van der Waals surface area contributed by atoms with E-state index < -0.39 is 5.97 Å². The van der Waals surface area contributed by atoms with E-state index in [1.165, 1.54) is 62.5 Å². The van der Waals surface area contributed by atoms with E-state index in [-0.39, 0.29) is 5.56 Å². The zero-order chi connectivity index (χ0) is 36.7. The fraction of sp³-hybridized carbons (Fsp3) is 0.333. The molecule has 0 fully saturated rings. The lowest BCUT2D eigenvalue weighted by molar-refractivity contribution is 0.0697. The second kappa shape index (κ2) is 16.4. The van der Waals surface area contributed by atoms with Crippen molar-refractivity contribution in [3.63, 3.8) is 0 Å². The summed E-state index contributed by atoms with van der Waals surface area (Å²) in [5.74, 6) is -0.0857. The van der Waals surface area contributed by atoms with Gasteiger partial charge < -0.3 is 19.6 Å². The SMILES string of the molecule is CCCCCCCc1c2nc(c(-c3nccn3C)c3ccc([nH]3)c(CCCCCCC)c3nc(c(-c4ccc(C(=O)O)cc4)c4ccc1[nH]4)C=C3)C=C2. The van der Waals surface area contributed by atoms with E-state index in [2.05, 4.69) is 77.0 Å². The van der Waals surface area contributed by atoms with Gasteiger partial charge in [-0.25, -0.2) is 19.7 Å². The van der Waals surface area contributed by atoms with Crippen LogP contribution in [0.4, 0.5) is 0 Å². The van der Waals surface area contributed by atoms with E-state index >= 15 is 0 Å². The Morgan fingerprint density at radius 3 is 1.62 bits per heavy atom. The van der Waals surface area contributed by atoms with Gasteiger partial charge in [-0.05, 0) is 91.9 Å². The zero-order valence-electron chi connectivity index (χ0n) is 31.2. The summed E-state index contributed by atoms with van der Waals surface area (Å²) >= 11 is 0. The highest BCUT2D eigenvalue weighted by Crippen LogP contribution is 2.34. The molecule has 6 heterocycles. The Morgan fingerprint density at radius 1 is 0.623 bits per heavy atom. The fourth-order valence-corrected chi connectivity index (χ4v) is 7.59. The van der Waals surface area contributed by atoms with Crippen LogP contribution >= 0.6 is 0 Å². The number of H-pyrrole nitrogens is 2. The second-order valence-electron chi connectivity index (χ2n) is 14.3. The molecule has 3 N–H and O–H groups in total. The largest absolute Gasteiger partial charge is 0.478 e. The Labute approximate surface area is 311 Å². The number of hydrogen-bond donors (Lipinski definition) is 3.